The zero-order valence-corrected chi connectivity index (χ0v) is 66.1. The van der Waals surface area contributed by atoms with Crippen molar-refractivity contribution < 1.29 is 57.2 Å². The minimum atomic E-state index is -0.347. The first kappa shape index (κ1) is 81.1. The van der Waals surface area contributed by atoms with E-state index in [1.165, 1.54) is 17.8 Å². The molecule has 8 aromatic carbocycles. The molecular formula is C97H78FN13O11. The molecule has 6 aliphatic heterocycles. The van der Waals surface area contributed by atoms with Crippen molar-refractivity contribution in [1.29, 1.82) is 5.26 Å². The number of aromatic nitrogens is 6. The van der Waals surface area contributed by atoms with Gasteiger partial charge in [-0.1, -0.05) is 42.5 Å². The summed E-state index contributed by atoms with van der Waals surface area (Å²) in [5.41, 5.74) is 22.6. The molecule has 7 N–H and O–H groups in total. The number of benzene rings is 8. The fraction of sp³-hybridized carbons (Fsp3) is 0.124. The highest BCUT2D eigenvalue weighted by Crippen LogP contribution is 2.44. The predicted octanol–water partition coefficient (Wildman–Crippen LogP) is 18.3. The van der Waals surface area contributed by atoms with Crippen LogP contribution in [0.25, 0.3) is 66.8 Å². The number of fused-ring (bicyclic) bond motifs is 6. The second-order valence-corrected chi connectivity index (χ2v) is 28.8. The number of phenols is 1. The number of hydrogen-bond acceptors (Lipinski definition) is 18. The summed E-state index contributed by atoms with van der Waals surface area (Å²) < 4.78 is 35.9. The van der Waals surface area contributed by atoms with Gasteiger partial charge in [-0.25, -0.2) is 4.39 Å². The predicted molar refractivity (Wildman–Crippen MR) is 463 cm³/mol. The highest BCUT2D eigenvalue weighted by molar-refractivity contribution is 6.03. The highest BCUT2D eigenvalue weighted by atomic mass is 19.1. The molecule has 25 heteroatoms. The van der Waals surface area contributed by atoms with Crippen LogP contribution in [0.1, 0.15) is 64.6 Å². The van der Waals surface area contributed by atoms with Crippen LogP contribution in [0.5, 0.6) is 40.2 Å². The maximum absolute atomic E-state index is 13.2. The molecule has 12 heterocycles. The topological polar surface area (TPSA) is 333 Å². The fourth-order valence-electron chi connectivity index (χ4n) is 14.5. The number of methoxy groups -OCH3 is 2. The van der Waals surface area contributed by atoms with Crippen LogP contribution in [0.15, 0.2) is 275 Å². The lowest BCUT2D eigenvalue weighted by Crippen LogP contribution is -2.09. The van der Waals surface area contributed by atoms with Crippen molar-refractivity contribution in [3.05, 3.63) is 319 Å². The quantitative estimate of drug-likeness (QED) is 0.0597. The Morgan fingerprint density at radius 1 is 0.328 bits per heavy atom. The Morgan fingerprint density at radius 3 is 1.09 bits per heavy atom. The maximum atomic E-state index is 13.2. The Bertz CT molecular complexity index is 6290. The van der Waals surface area contributed by atoms with Gasteiger partial charge in [-0.05, 0) is 209 Å². The molecule has 6 amide bonds. The van der Waals surface area contributed by atoms with Crippen molar-refractivity contribution in [3.63, 3.8) is 0 Å². The van der Waals surface area contributed by atoms with Crippen LogP contribution in [0.2, 0.25) is 0 Å². The lowest BCUT2D eigenvalue weighted by molar-refractivity contribution is -0.117. The maximum Gasteiger partial charge on any atom is 0.228 e. The number of aryl methyl sites for hydroxylation is 2. The molecule has 6 aliphatic rings. The van der Waals surface area contributed by atoms with Gasteiger partial charge in [0, 0.05) is 189 Å². The minimum absolute atomic E-state index is 0.00580. The van der Waals surface area contributed by atoms with E-state index in [1.807, 2.05) is 164 Å². The summed E-state index contributed by atoms with van der Waals surface area (Å²) >= 11 is 0. The summed E-state index contributed by atoms with van der Waals surface area (Å²) in [6.07, 6.45) is 26.6. The van der Waals surface area contributed by atoms with Gasteiger partial charge in [0.2, 0.25) is 35.4 Å². The van der Waals surface area contributed by atoms with Crippen LogP contribution in [0.4, 0.5) is 38.5 Å². The highest BCUT2D eigenvalue weighted by Gasteiger charge is 2.27. The molecule has 0 unspecified atom stereocenters. The normalized spacial score (nSPS) is 13.2. The first-order valence-corrected chi connectivity index (χ1v) is 39.1. The van der Waals surface area contributed by atoms with E-state index in [0.717, 1.165) is 155 Å². The third-order valence-corrected chi connectivity index (χ3v) is 20.4. The molecule has 0 bridgehead atoms. The number of pyridine rings is 6. The molecular weight excluding hydrogens is 1540 g/mol. The molecule has 122 heavy (non-hydrogen) atoms. The summed E-state index contributed by atoms with van der Waals surface area (Å²) in [5, 5.41) is 35.9. The van der Waals surface area contributed by atoms with Gasteiger partial charge in [-0.2, -0.15) is 5.26 Å². The fourth-order valence-corrected chi connectivity index (χ4v) is 14.5. The van der Waals surface area contributed by atoms with Gasteiger partial charge < -0.3 is 56.0 Å². The van der Waals surface area contributed by atoms with Gasteiger partial charge in [0.1, 0.15) is 46.1 Å². The van der Waals surface area contributed by atoms with Crippen LogP contribution >= 0.6 is 0 Å². The lowest BCUT2D eigenvalue weighted by Gasteiger charge is -2.14. The molecule has 0 radical (unpaired) electrons. The second kappa shape index (κ2) is 37.9. The number of carbonyl (C=O) groups is 6. The number of anilines is 6. The average molecular weight is 1620 g/mol. The Labute approximate surface area is 700 Å². The van der Waals surface area contributed by atoms with Crippen molar-refractivity contribution in [2.75, 3.05) is 46.1 Å². The third kappa shape index (κ3) is 20.1. The monoisotopic (exact) mass is 1620 g/mol. The number of nitrogens with zero attached hydrogens (tertiary/aromatic N) is 7. The smallest absolute Gasteiger partial charge is 0.228 e. The number of carbonyl (C=O) groups excluding carboxylic acids is 6. The van der Waals surface area contributed by atoms with Crippen LogP contribution in [0.3, 0.4) is 0 Å². The number of nitrogens with one attached hydrogen (secondary N) is 6. The number of amides is 6. The van der Waals surface area contributed by atoms with E-state index in [9.17, 15) is 38.3 Å². The molecule has 0 saturated heterocycles. The van der Waals surface area contributed by atoms with Gasteiger partial charge in [-0.3, -0.25) is 58.7 Å². The van der Waals surface area contributed by atoms with E-state index >= 15 is 0 Å². The first-order valence-electron chi connectivity index (χ1n) is 39.1. The summed E-state index contributed by atoms with van der Waals surface area (Å²) in [6, 6.07) is 63.8. The SMILES string of the molecule is COc1cc2c(cc1-c1cccnc1)CC(=O)N2.COc1ccc(Oc2cc3c(cc2-c2cccnc2)CC(=O)N3)cc1.N#Cc1ccc(Oc2cc3c(cc2-c2cccnc2)CC(=O)N3)cc1.O=C1CCCc2cc(-c3cccnc3)ccc2N1.O=C1CCCc2cc(-c3cncc(F)c3)ccc2N1.O=C1Cc2cc(-c3cccnc3)c(O)cc2N1. The number of nitriles is 1. The Kier molecular flexibility index (Phi) is 25.2. The van der Waals surface area contributed by atoms with Crippen molar-refractivity contribution in [3.8, 4) is 113 Å². The molecule has 0 atom stereocenters. The first-order chi connectivity index (χ1) is 59.5. The Morgan fingerprint density at radius 2 is 0.689 bits per heavy atom. The summed E-state index contributed by atoms with van der Waals surface area (Å²) in [4.78, 5) is 93.5. The van der Waals surface area contributed by atoms with Crippen molar-refractivity contribution in [2.45, 2.75) is 64.2 Å². The van der Waals surface area contributed by atoms with Crippen molar-refractivity contribution in [1.82, 2.24) is 29.9 Å². The molecule has 604 valence electrons. The summed E-state index contributed by atoms with van der Waals surface area (Å²) in [5.74, 6) is 4.03. The second-order valence-electron chi connectivity index (χ2n) is 28.8. The Balaban J connectivity index is 0.000000114. The van der Waals surface area contributed by atoms with E-state index in [2.05, 4.69) is 73.9 Å². The zero-order valence-electron chi connectivity index (χ0n) is 66.1. The molecule has 0 aliphatic carbocycles. The van der Waals surface area contributed by atoms with Gasteiger partial charge in [0.25, 0.3) is 0 Å². The van der Waals surface area contributed by atoms with E-state index in [0.29, 0.717) is 78.3 Å². The van der Waals surface area contributed by atoms with Crippen LogP contribution < -0.4 is 50.8 Å². The number of rotatable bonds is 12. The lowest BCUT2D eigenvalue weighted by atomic mass is 10.0. The van der Waals surface area contributed by atoms with Gasteiger partial charge >= 0.3 is 0 Å². The molecule has 0 spiro atoms. The molecule has 14 aromatic rings. The third-order valence-electron chi connectivity index (χ3n) is 20.4. The summed E-state index contributed by atoms with van der Waals surface area (Å²) in [6.45, 7) is 0. The molecule has 6 aromatic heterocycles. The number of hydrogen-bond donors (Lipinski definition) is 7. The van der Waals surface area contributed by atoms with Crippen molar-refractivity contribution >= 4 is 69.6 Å². The van der Waals surface area contributed by atoms with Gasteiger partial charge in [0.15, 0.2) is 0 Å². The molecule has 0 saturated carbocycles. The molecule has 0 fully saturated rings. The standard InChI is InChI=1S/C20H13N3O2.C20H16N2O3.C15H13FN2O.C15H14N2O.C14H12N2O2.C13H10N2O2/c21-11-13-3-5-16(6-4-13)25-19-10-18-15(9-20(24)23-18)8-17(19)14-2-1-7-22-12-14;1-24-15-4-6-16(7-5-15)25-19-11-18-14(10-20(23)22-18)9-17(19)13-3-2-8-21-12-13;16-13-7-12(8-17-9-13)10-4-5-14-11(6-10)2-1-3-15(19)18-14;18-15-5-1-3-12-9-11(6-7-14(12)17-15)13-4-2-8-16-10-13;1-18-13-7-12-10(6-14(17)16-12)5-11(13)9-3-2-4-15-8-9;16-12-6-11-9(5-13(17)15-11)4-10(12)8-2-1-3-14-7-8/h1-8,10,12H,9H2,(H,23,24);2-9,11-12H,10H2,1H3,(H,22,23);4-9H,1-3H2,(H,18,19);2,4,6-10H,1,3,5H2,(H,17,18);2-5,7-8H,6H2,1H3,(H,16,17);1-4,6-7,16H,5H2,(H,15,17). The van der Waals surface area contributed by atoms with Gasteiger partial charge in [0.05, 0.1) is 57.7 Å². The number of phenolic OH excluding ortho intramolecular Hbond substituents is 1. The molecule has 24 nitrogen and oxygen atoms in total. The van der Waals surface area contributed by atoms with Gasteiger partial charge in [-0.15, -0.1) is 0 Å². The van der Waals surface area contributed by atoms with Crippen LogP contribution in [0, 0.1) is 17.1 Å². The largest absolute Gasteiger partial charge is 0.507 e. The number of halogens is 1. The van der Waals surface area contributed by atoms with E-state index < -0.39 is 0 Å². The van der Waals surface area contributed by atoms with E-state index in [4.69, 9.17) is 24.2 Å². The van der Waals surface area contributed by atoms with Crippen LogP contribution in [-0.4, -0.2) is 84.7 Å². The number of aromatic hydroxyl groups is 1. The van der Waals surface area contributed by atoms with E-state index in [-0.39, 0.29) is 47.0 Å². The van der Waals surface area contributed by atoms with Crippen molar-refractivity contribution in [2.24, 2.45) is 0 Å². The average Bonchev–Trinajstić information content (AvgIpc) is 1.59. The zero-order chi connectivity index (χ0) is 84.4. The summed E-state index contributed by atoms with van der Waals surface area (Å²) in [7, 11) is 3.25. The molecule has 20 rings (SSSR count). The minimum Gasteiger partial charge on any atom is -0.507 e. The number of ether oxygens (including phenoxy) is 4. The van der Waals surface area contributed by atoms with E-state index in [1.54, 1.807) is 107 Å². The van der Waals surface area contributed by atoms with Crippen LogP contribution in [-0.2, 0) is 67.3 Å². The Hall–Kier alpha value is -16.1.